The van der Waals surface area contributed by atoms with Crippen LogP contribution in [-0.2, 0) is 13.1 Å². The van der Waals surface area contributed by atoms with Crippen molar-refractivity contribution in [3.8, 4) is 11.5 Å². The Hall–Kier alpha value is -1.79. The van der Waals surface area contributed by atoms with Crippen molar-refractivity contribution in [2.75, 3.05) is 13.4 Å². The molecular formula is C17H21N3O2S. The molecule has 23 heavy (non-hydrogen) atoms. The van der Waals surface area contributed by atoms with Gasteiger partial charge in [0, 0.05) is 37.1 Å². The molecule has 0 saturated heterocycles. The Kier molecular flexibility index (Phi) is 5.03. The van der Waals surface area contributed by atoms with Crippen LogP contribution in [0.15, 0.2) is 35.7 Å². The minimum Gasteiger partial charge on any atom is -0.504 e. The standard InChI is InChI=1S/C17H21N3O2S/c1-22-16-7-12(3-6-15(16)21)10-20(14-4-5-14)11-13-8-18-17(23-2)19-9-13/h3,6-9,14,21H,4-5,10-11H2,1-2H3. The van der Waals surface area contributed by atoms with Gasteiger partial charge in [-0.25, -0.2) is 9.97 Å². The highest BCUT2D eigenvalue weighted by Crippen LogP contribution is 2.32. The Labute approximate surface area is 140 Å². The molecule has 1 aromatic carbocycles. The maximum atomic E-state index is 9.72. The zero-order chi connectivity index (χ0) is 16.2. The Morgan fingerprint density at radius 1 is 1.22 bits per heavy atom. The molecule has 0 unspecified atom stereocenters. The van der Waals surface area contributed by atoms with Crippen molar-refractivity contribution >= 4 is 11.8 Å². The van der Waals surface area contributed by atoms with Crippen LogP contribution >= 0.6 is 11.8 Å². The first-order valence-electron chi connectivity index (χ1n) is 7.64. The average molecular weight is 331 g/mol. The number of phenolic OH excluding ortho intramolecular Hbond substituents is 1. The fraction of sp³-hybridized carbons (Fsp3) is 0.412. The molecule has 2 aromatic rings. The maximum absolute atomic E-state index is 9.72. The van der Waals surface area contributed by atoms with Crippen molar-refractivity contribution in [2.24, 2.45) is 0 Å². The number of aromatic nitrogens is 2. The third-order valence-corrected chi connectivity index (χ3v) is 4.52. The van der Waals surface area contributed by atoms with Gasteiger partial charge in [0.15, 0.2) is 16.7 Å². The van der Waals surface area contributed by atoms with Gasteiger partial charge in [0.2, 0.25) is 0 Å². The van der Waals surface area contributed by atoms with Gasteiger partial charge < -0.3 is 9.84 Å². The van der Waals surface area contributed by atoms with Crippen LogP contribution in [0.25, 0.3) is 0 Å². The minimum atomic E-state index is 0.176. The van der Waals surface area contributed by atoms with Crippen molar-refractivity contribution in [1.82, 2.24) is 14.9 Å². The summed E-state index contributed by atoms with van der Waals surface area (Å²) in [5.41, 5.74) is 2.26. The van der Waals surface area contributed by atoms with Crippen molar-refractivity contribution in [2.45, 2.75) is 37.1 Å². The van der Waals surface area contributed by atoms with Crippen LogP contribution in [0, 0.1) is 0 Å². The molecule has 3 rings (SSSR count). The van der Waals surface area contributed by atoms with Crippen LogP contribution < -0.4 is 4.74 Å². The third kappa shape index (κ3) is 4.14. The second kappa shape index (κ2) is 7.19. The first-order valence-corrected chi connectivity index (χ1v) is 8.87. The van der Waals surface area contributed by atoms with Gasteiger partial charge in [0.1, 0.15) is 0 Å². The lowest BCUT2D eigenvalue weighted by molar-refractivity contribution is 0.244. The van der Waals surface area contributed by atoms with Gasteiger partial charge in [-0.1, -0.05) is 17.8 Å². The molecule has 1 aromatic heterocycles. The molecule has 0 spiro atoms. The Morgan fingerprint density at radius 3 is 2.52 bits per heavy atom. The highest BCUT2D eigenvalue weighted by atomic mass is 32.2. The molecule has 0 bridgehead atoms. The zero-order valence-corrected chi connectivity index (χ0v) is 14.2. The summed E-state index contributed by atoms with van der Waals surface area (Å²) in [7, 11) is 1.57. The van der Waals surface area contributed by atoms with E-state index in [1.807, 2.05) is 30.8 Å². The fourth-order valence-corrected chi connectivity index (χ4v) is 2.89. The van der Waals surface area contributed by atoms with Crippen LogP contribution in [0.3, 0.4) is 0 Å². The number of thioether (sulfide) groups is 1. The van der Waals surface area contributed by atoms with E-state index in [0.29, 0.717) is 11.8 Å². The summed E-state index contributed by atoms with van der Waals surface area (Å²) in [5.74, 6) is 0.696. The van der Waals surface area contributed by atoms with Crippen LogP contribution in [0.1, 0.15) is 24.0 Å². The predicted octanol–water partition coefficient (Wildman–Crippen LogP) is 3.08. The van der Waals surface area contributed by atoms with Gasteiger partial charge in [-0.15, -0.1) is 0 Å². The normalized spacial score (nSPS) is 14.2. The van der Waals surface area contributed by atoms with Crippen LogP contribution in [0.4, 0.5) is 0 Å². The summed E-state index contributed by atoms with van der Waals surface area (Å²) in [6.45, 7) is 1.66. The molecule has 6 heteroatoms. The highest BCUT2D eigenvalue weighted by molar-refractivity contribution is 7.98. The van der Waals surface area contributed by atoms with E-state index in [9.17, 15) is 5.11 Å². The minimum absolute atomic E-state index is 0.176. The summed E-state index contributed by atoms with van der Waals surface area (Å²) in [6.07, 6.45) is 8.26. The van der Waals surface area contributed by atoms with E-state index < -0.39 is 0 Å². The molecule has 0 amide bonds. The van der Waals surface area contributed by atoms with E-state index in [-0.39, 0.29) is 5.75 Å². The van der Waals surface area contributed by atoms with Gasteiger partial charge in [-0.3, -0.25) is 4.90 Å². The molecule has 0 radical (unpaired) electrons. The second-order valence-corrected chi connectivity index (χ2v) is 6.49. The topological polar surface area (TPSA) is 58.5 Å². The number of ether oxygens (including phenoxy) is 1. The Balaban J connectivity index is 1.71. The van der Waals surface area contributed by atoms with E-state index in [1.165, 1.54) is 12.8 Å². The molecular weight excluding hydrogens is 310 g/mol. The number of aromatic hydroxyl groups is 1. The quantitative estimate of drug-likeness (QED) is 0.621. The summed E-state index contributed by atoms with van der Waals surface area (Å²) >= 11 is 1.55. The highest BCUT2D eigenvalue weighted by Gasteiger charge is 2.29. The number of nitrogens with zero attached hydrogens (tertiary/aromatic N) is 3. The van der Waals surface area contributed by atoms with Gasteiger partial charge >= 0.3 is 0 Å². The monoisotopic (exact) mass is 331 g/mol. The van der Waals surface area contributed by atoms with E-state index in [0.717, 1.165) is 29.4 Å². The summed E-state index contributed by atoms with van der Waals surface area (Å²) in [6, 6.07) is 6.16. The van der Waals surface area contributed by atoms with Gasteiger partial charge in [-0.2, -0.15) is 0 Å². The molecule has 0 aliphatic heterocycles. The van der Waals surface area contributed by atoms with Crippen LogP contribution in [-0.4, -0.2) is 39.4 Å². The van der Waals surface area contributed by atoms with Crippen molar-refractivity contribution in [3.05, 3.63) is 41.7 Å². The zero-order valence-electron chi connectivity index (χ0n) is 13.4. The molecule has 1 aliphatic rings. The number of benzene rings is 1. The van der Waals surface area contributed by atoms with E-state index in [2.05, 4.69) is 14.9 Å². The molecule has 1 heterocycles. The number of hydrogen-bond acceptors (Lipinski definition) is 6. The SMILES string of the molecule is COc1cc(CN(Cc2cnc(SC)nc2)C2CC2)ccc1O. The van der Waals surface area contributed by atoms with Crippen molar-refractivity contribution < 1.29 is 9.84 Å². The molecule has 1 fully saturated rings. The van der Waals surface area contributed by atoms with E-state index >= 15 is 0 Å². The smallest absolute Gasteiger partial charge is 0.187 e. The van der Waals surface area contributed by atoms with Crippen LogP contribution in [0.5, 0.6) is 11.5 Å². The number of phenols is 1. The maximum Gasteiger partial charge on any atom is 0.187 e. The fourth-order valence-electron chi connectivity index (χ4n) is 2.57. The summed E-state index contributed by atoms with van der Waals surface area (Å²) in [4.78, 5) is 11.1. The first kappa shape index (κ1) is 16.1. The third-order valence-electron chi connectivity index (χ3n) is 3.94. The lowest BCUT2D eigenvalue weighted by Gasteiger charge is -2.22. The van der Waals surface area contributed by atoms with Gasteiger partial charge in [-0.05, 0) is 36.8 Å². The van der Waals surface area contributed by atoms with E-state index in [4.69, 9.17) is 4.74 Å². The molecule has 1 aliphatic carbocycles. The second-order valence-electron chi connectivity index (χ2n) is 5.72. The molecule has 1 saturated carbocycles. The van der Waals surface area contributed by atoms with Crippen molar-refractivity contribution in [1.29, 1.82) is 0 Å². The van der Waals surface area contributed by atoms with E-state index in [1.54, 1.807) is 24.9 Å². The Morgan fingerprint density at radius 2 is 1.91 bits per heavy atom. The molecule has 5 nitrogen and oxygen atoms in total. The number of rotatable bonds is 7. The first-order chi connectivity index (χ1) is 11.2. The molecule has 1 N–H and O–H groups in total. The predicted molar refractivity (Wildman–Crippen MR) is 90.7 cm³/mol. The molecule has 0 atom stereocenters. The summed E-state index contributed by atoms with van der Waals surface area (Å²) < 4.78 is 5.20. The lowest BCUT2D eigenvalue weighted by Crippen LogP contribution is -2.25. The number of methoxy groups -OCH3 is 1. The van der Waals surface area contributed by atoms with Gasteiger partial charge in [0.25, 0.3) is 0 Å². The molecule has 122 valence electrons. The number of hydrogen-bond donors (Lipinski definition) is 1. The van der Waals surface area contributed by atoms with Crippen molar-refractivity contribution in [3.63, 3.8) is 0 Å². The van der Waals surface area contributed by atoms with Gasteiger partial charge in [0.05, 0.1) is 7.11 Å². The largest absolute Gasteiger partial charge is 0.504 e. The van der Waals surface area contributed by atoms with Crippen LogP contribution in [0.2, 0.25) is 0 Å². The summed E-state index contributed by atoms with van der Waals surface area (Å²) in [5, 5.41) is 10.5. The average Bonchev–Trinajstić information content (AvgIpc) is 3.41. The lowest BCUT2D eigenvalue weighted by atomic mass is 10.1. The Bertz CT molecular complexity index is 659.